The van der Waals surface area contributed by atoms with Crippen molar-refractivity contribution >= 4 is 28.7 Å². The molecule has 0 aliphatic heterocycles. The summed E-state index contributed by atoms with van der Waals surface area (Å²) >= 11 is 1.36. The largest absolute Gasteiger partial charge is 0.494 e. The van der Waals surface area contributed by atoms with Gasteiger partial charge in [0.05, 0.1) is 18.0 Å². The van der Waals surface area contributed by atoms with E-state index in [1.807, 2.05) is 41.8 Å². The van der Waals surface area contributed by atoms with E-state index in [0.29, 0.717) is 34.2 Å². The van der Waals surface area contributed by atoms with E-state index in [4.69, 9.17) is 4.74 Å². The molecule has 33 heavy (non-hydrogen) atoms. The second-order valence-electron chi connectivity index (χ2n) is 7.37. The van der Waals surface area contributed by atoms with Crippen molar-refractivity contribution in [2.45, 2.75) is 19.8 Å². The first kappa shape index (κ1) is 22.5. The lowest BCUT2D eigenvalue weighted by Crippen LogP contribution is -2.19. The smallest absolute Gasteiger partial charge is 0.323 e. The van der Waals surface area contributed by atoms with Crippen molar-refractivity contribution in [3.63, 3.8) is 0 Å². The number of thiazole rings is 1. The van der Waals surface area contributed by atoms with Crippen LogP contribution in [0.4, 0.5) is 20.6 Å². The van der Waals surface area contributed by atoms with E-state index in [1.54, 1.807) is 30.3 Å². The Kier molecular flexibility index (Phi) is 7.32. The number of urea groups is 1. The molecule has 0 saturated heterocycles. The Morgan fingerprint density at radius 1 is 0.970 bits per heavy atom. The van der Waals surface area contributed by atoms with Gasteiger partial charge in [-0.1, -0.05) is 43.7 Å². The molecular weight excluding hydrogens is 437 g/mol. The molecule has 0 atom stereocenters. The molecule has 3 aromatic carbocycles. The van der Waals surface area contributed by atoms with Gasteiger partial charge in [-0.25, -0.2) is 14.2 Å². The van der Waals surface area contributed by atoms with Gasteiger partial charge in [0.15, 0.2) is 0 Å². The second kappa shape index (κ2) is 10.7. The van der Waals surface area contributed by atoms with Crippen molar-refractivity contribution in [3.8, 4) is 27.6 Å². The fourth-order valence-electron chi connectivity index (χ4n) is 3.22. The molecule has 0 aliphatic carbocycles. The lowest BCUT2D eigenvalue weighted by atomic mass is 10.1. The monoisotopic (exact) mass is 461 g/mol. The summed E-state index contributed by atoms with van der Waals surface area (Å²) in [5.74, 6) is 0.458. The number of anilines is 2. The molecule has 0 saturated carbocycles. The Labute approximate surface area is 196 Å². The van der Waals surface area contributed by atoms with E-state index in [9.17, 15) is 9.18 Å². The maximum atomic E-state index is 14.1. The third-order valence-corrected chi connectivity index (χ3v) is 5.81. The first-order chi connectivity index (χ1) is 16.1. The van der Waals surface area contributed by atoms with E-state index < -0.39 is 0 Å². The minimum atomic E-state index is -0.369. The topological polar surface area (TPSA) is 63.2 Å². The highest BCUT2D eigenvalue weighted by atomic mass is 32.1. The summed E-state index contributed by atoms with van der Waals surface area (Å²) in [6.45, 7) is 2.79. The number of aromatic nitrogens is 1. The van der Waals surface area contributed by atoms with Crippen LogP contribution in [0.25, 0.3) is 21.8 Å². The van der Waals surface area contributed by atoms with Gasteiger partial charge in [-0.15, -0.1) is 11.3 Å². The molecule has 0 aliphatic rings. The van der Waals surface area contributed by atoms with Gasteiger partial charge in [0.1, 0.15) is 16.6 Å². The van der Waals surface area contributed by atoms with Gasteiger partial charge < -0.3 is 15.4 Å². The average Bonchev–Trinajstić information content (AvgIpc) is 3.31. The number of amides is 2. The van der Waals surface area contributed by atoms with Crippen molar-refractivity contribution in [1.29, 1.82) is 0 Å². The van der Waals surface area contributed by atoms with E-state index in [2.05, 4.69) is 22.5 Å². The molecule has 1 aromatic heterocycles. The summed E-state index contributed by atoms with van der Waals surface area (Å²) in [4.78, 5) is 17.2. The van der Waals surface area contributed by atoms with Crippen LogP contribution in [-0.4, -0.2) is 17.6 Å². The normalized spacial score (nSPS) is 10.6. The fourth-order valence-corrected chi connectivity index (χ4v) is 4.07. The predicted molar refractivity (Wildman–Crippen MR) is 132 cm³/mol. The number of hydrogen-bond acceptors (Lipinski definition) is 4. The van der Waals surface area contributed by atoms with Crippen LogP contribution in [0.1, 0.15) is 19.8 Å². The predicted octanol–water partition coefficient (Wildman–Crippen LogP) is 7.44. The average molecular weight is 462 g/mol. The summed E-state index contributed by atoms with van der Waals surface area (Å²) in [6.07, 6.45) is 2.08. The van der Waals surface area contributed by atoms with Crippen molar-refractivity contribution in [2.75, 3.05) is 17.2 Å². The van der Waals surface area contributed by atoms with Crippen molar-refractivity contribution < 1.29 is 13.9 Å². The second-order valence-corrected chi connectivity index (χ2v) is 8.23. The number of halogens is 1. The summed E-state index contributed by atoms with van der Waals surface area (Å²) in [5, 5.41) is 8.16. The SMILES string of the molecule is CCCCOc1ccc(NC(=O)Nc2ccccc2-c2csc(-c3ccccc3F)n2)cc1. The van der Waals surface area contributed by atoms with Crippen LogP contribution in [0.3, 0.4) is 0 Å². The number of para-hydroxylation sites is 1. The van der Waals surface area contributed by atoms with Crippen LogP contribution in [0, 0.1) is 5.82 Å². The fraction of sp³-hybridized carbons (Fsp3) is 0.154. The molecule has 2 N–H and O–H groups in total. The maximum absolute atomic E-state index is 14.1. The number of ether oxygens (including phenoxy) is 1. The number of rotatable bonds is 8. The minimum Gasteiger partial charge on any atom is -0.494 e. The first-order valence-electron chi connectivity index (χ1n) is 10.7. The van der Waals surface area contributed by atoms with Crippen LogP contribution in [0.2, 0.25) is 0 Å². The van der Waals surface area contributed by atoms with Crippen molar-refractivity contribution in [1.82, 2.24) is 4.98 Å². The molecule has 2 amide bonds. The van der Waals surface area contributed by atoms with Crippen LogP contribution >= 0.6 is 11.3 Å². The summed E-state index contributed by atoms with van der Waals surface area (Å²) in [7, 11) is 0. The van der Waals surface area contributed by atoms with Crippen LogP contribution in [-0.2, 0) is 0 Å². The van der Waals surface area contributed by atoms with Crippen molar-refractivity contribution in [2.24, 2.45) is 0 Å². The Balaban J connectivity index is 1.45. The quantitative estimate of drug-likeness (QED) is 0.268. The van der Waals surface area contributed by atoms with Gasteiger partial charge in [0.2, 0.25) is 0 Å². The third-order valence-electron chi connectivity index (χ3n) is 4.94. The van der Waals surface area contributed by atoms with Crippen molar-refractivity contribution in [3.05, 3.63) is 84.0 Å². The number of nitrogens with zero attached hydrogens (tertiary/aromatic N) is 1. The molecule has 168 valence electrons. The molecule has 0 radical (unpaired) electrons. The first-order valence-corrected chi connectivity index (χ1v) is 11.6. The van der Waals surface area contributed by atoms with E-state index in [-0.39, 0.29) is 11.8 Å². The minimum absolute atomic E-state index is 0.314. The molecule has 0 spiro atoms. The van der Waals surface area contributed by atoms with Gasteiger partial charge in [-0.3, -0.25) is 0 Å². The zero-order chi connectivity index (χ0) is 23.0. The molecule has 4 rings (SSSR count). The van der Waals surface area contributed by atoms with Crippen LogP contribution in [0.5, 0.6) is 5.75 Å². The summed E-state index contributed by atoms with van der Waals surface area (Å²) < 4.78 is 19.8. The molecule has 7 heteroatoms. The molecule has 4 aromatic rings. The Bertz CT molecular complexity index is 1220. The molecule has 0 bridgehead atoms. The molecule has 0 fully saturated rings. The zero-order valence-corrected chi connectivity index (χ0v) is 19.0. The molecule has 1 heterocycles. The Morgan fingerprint density at radius 2 is 1.70 bits per heavy atom. The van der Waals surface area contributed by atoms with Gasteiger partial charge in [0.25, 0.3) is 0 Å². The van der Waals surface area contributed by atoms with Gasteiger partial charge in [-0.2, -0.15) is 0 Å². The highest BCUT2D eigenvalue weighted by molar-refractivity contribution is 7.13. The highest BCUT2D eigenvalue weighted by Crippen LogP contribution is 2.33. The molecular formula is C26H24FN3O2S. The summed E-state index contributed by atoms with van der Waals surface area (Å²) in [5.41, 5.74) is 3.15. The Hall–Kier alpha value is -3.71. The van der Waals surface area contributed by atoms with Gasteiger partial charge in [-0.05, 0) is 48.9 Å². The Morgan fingerprint density at radius 3 is 2.45 bits per heavy atom. The number of benzene rings is 3. The zero-order valence-electron chi connectivity index (χ0n) is 18.2. The van der Waals surface area contributed by atoms with Crippen LogP contribution in [0.15, 0.2) is 78.2 Å². The molecule has 5 nitrogen and oxygen atoms in total. The number of carbonyl (C=O) groups is 1. The van der Waals surface area contributed by atoms with E-state index >= 15 is 0 Å². The lowest BCUT2D eigenvalue weighted by Gasteiger charge is -2.11. The number of carbonyl (C=O) groups excluding carboxylic acids is 1. The van der Waals surface area contributed by atoms with E-state index in [1.165, 1.54) is 17.4 Å². The molecule has 0 unspecified atom stereocenters. The maximum Gasteiger partial charge on any atom is 0.323 e. The highest BCUT2D eigenvalue weighted by Gasteiger charge is 2.14. The standard InChI is InChI=1S/C26H24FN3O2S/c1-2-3-16-32-19-14-12-18(13-15-19)28-26(31)30-23-11-7-5-9-21(23)24-17-33-25(29-24)20-8-4-6-10-22(20)27/h4-15,17H,2-3,16H2,1H3,(H2,28,30,31). The number of unbranched alkanes of at least 4 members (excludes halogenated alkanes) is 1. The number of nitrogens with one attached hydrogen (secondary N) is 2. The third kappa shape index (κ3) is 5.75. The lowest BCUT2D eigenvalue weighted by molar-refractivity contribution is 0.262. The van der Waals surface area contributed by atoms with Gasteiger partial charge in [0, 0.05) is 22.2 Å². The van der Waals surface area contributed by atoms with Crippen LogP contribution < -0.4 is 15.4 Å². The summed E-state index contributed by atoms with van der Waals surface area (Å²) in [6, 6.07) is 20.8. The van der Waals surface area contributed by atoms with Gasteiger partial charge >= 0.3 is 6.03 Å². The van der Waals surface area contributed by atoms with E-state index in [0.717, 1.165) is 24.2 Å². The number of hydrogen-bond donors (Lipinski definition) is 2.